The molecule has 0 radical (unpaired) electrons. The van der Waals surface area contributed by atoms with Crippen LogP contribution in [-0.4, -0.2) is 9.55 Å². The van der Waals surface area contributed by atoms with E-state index in [0.717, 1.165) is 10.2 Å². The molecule has 1 aromatic heterocycles. The first-order valence-corrected chi connectivity index (χ1v) is 4.99. The van der Waals surface area contributed by atoms with Gasteiger partial charge >= 0.3 is 0 Å². The molecule has 1 N–H and O–H groups in total. The molecule has 0 amide bonds. The summed E-state index contributed by atoms with van der Waals surface area (Å²) >= 11 is 8.48. The average molecular weight is 255 g/mol. The largest absolute Gasteiger partial charge is 0.337 e. The van der Waals surface area contributed by atoms with Crippen LogP contribution in [0.4, 0.5) is 0 Å². The molecule has 0 atom stereocenters. The Hall–Kier alpha value is -0.870. The molecule has 66 valence electrons. The van der Waals surface area contributed by atoms with Crippen molar-refractivity contribution in [1.82, 2.24) is 9.55 Å². The highest BCUT2D eigenvalue weighted by Gasteiger charge is 1.95. The number of aromatic amines is 1. The van der Waals surface area contributed by atoms with Gasteiger partial charge in [-0.15, -0.1) is 0 Å². The van der Waals surface area contributed by atoms with Crippen LogP contribution in [0.15, 0.2) is 41.1 Å². The van der Waals surface area contributed by atoms with Crippen LogP contribution in [0, 0.1) is 4.77 Å². The van der Waals surface area contributed by atoms with Crippen LogP contribution in [0.2, 0.25) is 0 Å². The van der Waals surface area contributed by atoms with Gasteiger partial charge in [-0.05, 0) is 36.5 Å². The second-order valence-electron chi connectivity index (χ2n) is 2.61. The molecule has 1 heterocycles. The van der Waals surface area contributed by atoms with Gasteiger partial charge in [0.15, 0.2) is 4.77 Å². The van der Waals surface area contributed by atoms with Gasteiger partial charge in [-0.25, -0.2) is 0 Å². The molecule has 0 saturated carbocycles. The number of aromatic nitrogens is 2. The summed E-state index contributed by atoms with van der Waals surface area (Å²) in [6.45, 7) is 0. The minimum absolute atomic E-state index is 0.710. The Morgan fingerprint density at radius 1 is 1.23 bits per heavy atom. The lowest BCUT2D eigenvalue weighted by molar-refractivity contribution is 1.03. The van der Waals surface area contributed by atoms with Crippen LogP contribution in [0.1, 0.15) is 0 Å². The van der Waals surface area contributed by atoms with Crippen molar-refractivity contribution in [2.45, 2.75) is 0 Å². The van der Waals surface area contributed by atoms with Gasteiger partial charge in [0.1, 0.15) is 0 Å². The van der Waals surface area contributed by atoms with E-state index in [0.29, 0.717) is 4.77 Å². The van der Waals surface area contributed by atoms with Gasteiger partial charge < -0.3 is 4.98 Å². The van der Waals surface area contributed by atoms with Crippen LogP contribution in [-0.2, 0) is 0 Å². The molecule has 4 heteroatoms. The summed E-state index contributed by atoms with van der Waals surface area (Å²) in [6, 6.07) is 8.00. The topological polar surface area (TPSA) is 20.7 Å². The van der Waals surface area contributed by atoms with Crippen molar-refractivity contribution in [2.75, 3.05) is 0 Å². The Bertz CT molecular complexity index is 455. The lowest BCUT2D eigenvalue weighted by atomic mass is 10.3. The molecule has 0 spiro atoms. The van der Waals surface area contributed by atoms with Crippen molar-refractivity contribution in [1.29, 1.82) is 0 Å². The van der Waals surface area contributed by atoms with Gasteiger partial charge in [-0.2, -0.15) is 0 Å². The summed E-state index contributed by atoms with van der Waals surface area (Å²) in [7, 11) is 0. The van der Waals surface area contributed by atoms with Gasteiger partial charge in [-0.3, -0.25) is 4.57 Å². The number of nitrogens with one attached hydrogen (secondary N) is 1. The highest BCUT2D eigenvalue weighted by atomic mass is 79.9. The molecular formula is C9H7BrN2S. The Morgan fingerprint density at radius 2 is 1.92 bits per heavy atom. The predicted octanol–water partition coefficient (Wildman–Crippen LogP) is 3.30. The minimum atomic E-state index is 0.710. The first kappa shape index (κ1) is 8.72. The molecule has 0 saturated heterocycles. The van der Waals surface area contributed by atoms with Gasteiger partial charge in [0.2, 0.25) is 0 Å². The van der Waals surface area contributed by atoms with E-state index in [1.807, 2.05) is 41.2 Å². The van der Waals surface area contributed by atoms with Crippen molar-refractivity contribution in [3.63, 3.8) is 0 Å². The lowest BCUT2D eigenvalue weighted by Crippen LogP contribution is -1.90. The molecule has 13 heavy (non-hydrogen) atoms. The van der Waals surface area contributed by atoms with Crippen molar-refractivity contribution in [3.05, 3.63) is 45.9 Å². The number of benzene rings is 1. The Morgan fingerprint density at radius 3 is 2.46 bits per heavy atom. The number of imidazole rings is 1. The molecular weight excluding hydrogens is 248 g/mol. The molecule has 0 aliphatic rings. The van der Waals surface area contributed by atoms with E-state index >= 15 is 0 Å². The zero-order chi connectivity index (χ0) is 9.26. The third kappa shape index (κ3) is 1.73. The molecule has 0 aliphatic heterocycles. The minimum Gasteiger partial charge on any atom is -0.337 e. The number of hydrogen-bond acceptors (Lipinski definition) is 1. The Kier molecular flexibility index (Phi) is 2.33. The summed E-state index contributed by atoms with van der Waals surface area (Å²) in [5.74, 6) is 0. The summed E-state index contributed by atoms with van der Waals surface area (Å²) in [6.07, 6.45) is 3.73. The first-order valence-electron chi connectivity index (χ1n) is 3.79. The van der Waals surface area contributed by atoms with E-state index < -0.39 is 0 Å². The van der Waals surface area contributed by atoms with E-state index in [1.165, 1.54) is 0 Å². The van der Waals surface area contributed by atoms with Crippen LogP contribution in [0.5, 0.6) is 0 Å². The van der Waals surface area contributed by atoms with Crippen molar-refractivity contribution in [3.8, 4) is 5.69 Å². The Balaban J connectivity index is 2.54. The van der Waals surface area contributed by atoms with Crippen LogP contribution in [0.25, 0.3) is 5.69 Å². The van der Waals surface area contributed by atoms with Crippen molar-refractivity contribution >= 4 is 28.1 Å². The molecule has 0 fully saturated rings. The van der Waals surface area contributed by atoms with Gasteiger partial charge in [0.25, 0.3) is 0 Å². The van der Waals surface area contributed by atoms with Gasteiger partial charge in [0, 0.05) is 22.6 Å². The number of hydrogen-bond donors (Lipinski definition) is 1. The predicted molar refractivity (Wildman–Crippen MR) is 58.7 cm³/mol. The molecule has 1 aromatic carbocycles. The molecule has 2 nitrogen and oxygen atoms in total. The number of H-pyrrole nitrogens is 1. The second kappa shape index (κ2) is 3.47. The standard InChI is InChI=1S/C9H7BrN2S/c10-7-1-3-8(4-2-7)12-6-5-11-9(12)13/h1-6H,(H,11,13). The smallest absolute Gasteiger partial charge is 0.181 e. The van der Waals surface area contributed by atoms with Gasteiger partial charge in [-0.1, -0.05) is 15.9 Å². The quantitative estimate of drug-likeness (QED) is 0.775. The third-order valence-electron chi connectivity index (χ3n) is 1.75. The third-order valence-corrected chi connectivity index (χ3v) is 2.60. The highest BCUT2D eigenvalue weighted by Crippen LogP contribution is 2.13. The average Bonchev–Trinajstić information content (AvgIpc) is 2.53. The van der Waals surface area contributed by atoms with E-state index in [9.17, 15) is 0 Å². The fourth-order valence-corrected chi connectivity index (χ4v) is 1.62. The van der Waals surface area contributed by atoms with Gasteiger partial charge in [0.05, 0.1) is 0 Å². The van der Waals surface area contributed by atoms with E-state index in [-0.39, 0.29) is 0 Å². The highest BCUT2D eigenvalue weighted by molar-refractivity contribution is 9.10. The van der Waals surface area contributed by atoms with Crippen LogP contribution >= 0.6 is 28.1 Å². The second-order valence-corrected chi connectivity index (χ2v) is 3.91. The van der Waals surface area contributed by atoms with Crippen molar-refractivity contribution in [2.24, 2.45) is 0 Å². The summed E-state index contributed by atoms with van der Waals surface area (Å²) in [4.78, 5) is 2.95. The van der Waals surface area contributed by atoms with E-state index in [4.69, 9.17) is 12.2 Å². The summed E-state index contributed by atoms with van der Waals surface area (Å²) in [5.41, 5.74) is 1.06. The zero-order valence-corrected chi connectivity index (χ0v) is 9.10. The van der Waals surface area contributed by atoms with Crippen molar-refractivity contribution < 1.29 is 0 Å². The Labute approximate surface area is 89.4 Å². The first-order chi connectivity index (χ1) is 6.27. The maximum Gasteiger partial charge on any atom is 0.181 e. The maximum atomic E-state index is 5.10. The van der Waals surface area contributed by atoms with E-state index in [2.05, 4.69) is 20.9 Å². The molecule has 0 aliphatic carbocycles. The molecule has 0 unspecified atom stereocenters. The van der Waals surface area contributed by atoms with Crippen LogP contribution in [0.3, 0.4) is 0 Å². The fraction of sp³-hybridized carbons (Fsp3) is 0. The summed E-state index contributed by atoms with van der Waals surface area (Å²) in [5, 5.41) is 0. The number of halogens is 1. The normalized spacial score (nSPS) is 10.2. The number of nitrogens with zero attached hydrogens (tertiary/aromatic N) is 1. The molecule has 2 aromatic rings. The monoisotopic (exact) mass is 254 g/mol. The van der Waals surface area contributed by atoms with E-state index in [1.54, 1.807) is 0 Å². The lowest BCUT2D eigenvalue weighted by Gasteiger charge is -2.00. The molecule has 0 bridgehead atoms. The van der Waals surface area contributed by atoms with Crippen LogP contribution < -0.4 is 0 Å². The fourth-order valence-electron chi connectivity index (χ4n) is 1.13. The molecule has 2 rings (SSSR count). The zero-order valence-electron chi connectivity index (χ0n) is 6.70. The number of rotatable bonds is 1. The SMILES string of the molecule is S=c1[nH]ccn1-c1ccc(Br)cc1. The summed E-state index contributed by atoms with van der Waals surface area (Å²) < 4.78 is 3.70. The maximum absolute atomic E-state index is 5.10.